The molecule has 1 saturated heterocycles. The SMILES string of the molecule is c1ccc(-c2cc(C3COC4(CCCCC4)O3)[nH]n2)cc1. The molecule has 4 nitrogen and oxygen atoms in total. The highest BCUT2D eigenvalue weighted by atomic mass is 16.7. The molecule has 1 atom stereocenters. The van der Waals surface area contributed by atoms with Gasteiger partial charge >= 0.3 is 0 Å². The molecule has 4 heteroatoms. The van der Waals surface area contributed by atoms with Gasteiger partial charge in [-0.05, 0) is 18.9 Å². The van der Waals surface area contributed by atoms with E-state index in [0.29, 0.717) is 6.61 Å². The Bertz CT molecular complexity index is 602. The fraction of sp³-hybridized carbons (Fsp3) is 0.471. The number of hydrogen-bond donors (Lipinski definition) is 1. The minimum atomic E-state index is -0.332. The van der Waals surface area contributed by atoms with Crippen molar-refractivity contribution in [3.05, 3.63) is 42.1 Å². The van der Waals surface area contributed by atoms with Crippen LogP contribution in [0.4, 0.5) is 0 Å². The fourth-order valence-corrected chi connectivity index (χ4v) is 3.32. The molecular formula is C17H20N2O2. The van der Waals surface area contributed by atoms with E-state index < -0.39 is 0 Å². The highest BCUT2D eigenvalue weighted by Crippen LogP contribution is 2.42. The van der Waals surface area contributed by atoms with Crippen molar-refractivity contribution in [2.75, 3.05) is 6.61 Å². The van der Waals surface area contributed by atoms with Crippen molar-refractivity contribution in [3.8, 4) is 11.3 Å². The molecule has 1 spiro atoms. The number of hydrogen-bond acceptors (Lipinski definition) is 3. The first-order valence-corrected chi connectivity index (χ1v) is 7.77. The number of aromatic nitrogens is 2. The van der Waals surface area contributed by atoms with Crippen molar-refractivity contribution < 1.29 is 9.47 Å². The van der Waals surface area contributed by atoms with E-state index in [-0.39, 0.29) is 11.9 Å². The Labute approximate surface area is 124 Å². The van der Waals surface area contributed by atoms with Crippen LogP contribution in [0.3, 0.4) is 0 Å². The Morgan fingerprint density at radius 1 is 1.10 bits per heavy atom. The smallest absolute Gasteiger partial charge is 0.169 e. The molecule has 2 fully saturated rings. The molecule has 21 heavy (non-hydrogen) atoms. The van der Waals surface area contributed by atoms with Crippen LogP contribution in [0.15, 0.2) is 36.4 Å². The molecule has 2 heterocycles. The predicted octanol–water partition coefficient (Wildman–Crippen LogP) is 3.83. The second kappa shape index (κ2) is 5.28. The van der Waals surface area contributed by atoms with E-state index >= 15 is 0 Å². The molecule has 4 rings (SSSR count). The molecule has 1 aromatic carbocycles. The maximum Gasteiger partial charge on any atom is 0.169 e. The van der Waals surface area contributed by atoms with E-state index in [1.165, 1.54) is 19.3 Å². The van der Waals surface area contributed by atoms with Gasteiger partial charge in [0.1, 0.15) is 6.10 Å². The van der Waals surface area contributed by atoms with E-state index in [9.17, 15) is 0 Å². The molecule has 1 aromatic heterocycles. The standard InChI is InChI=1S/C17H20N2O2/c1-3-7-13(8-4-1)14-11-15(19-18-14)16-12-20-17(21-16)9-5-2-6-10-17/h1,3-4,7-8,11,16H,2,5-6,9-10,12H2,(H,18,19). The Kier molecular flexibility index (Phi) is 3.28. The highest BCUT2D eigenvalue weighted by molar-refractivity contribution is 5.59. The summed E-state index contributed by atoms with van der Waals surface area (Å²) in [5.74, 6) is -0.332. The molecule has 1 aliphatic carbocycles. The van der Waals surface area contributed by atoms with Crippen molar-refractivity contribution in [2.24, 2.45) is 0 Å². The van der Waals surface area contributed by atoms with Crippen LogP contribution in [0.1, 0.15) is 43.9 Å². The summed E-state index contributed by atoms with van der Waals surface area (Å²) in [6.45, 7) is 0.621. The predicted molar refractivity (Wildman–Crippen MR) is 79.6 cm³/mol. The van der Waals surface area contributed by atoms with E-state index in [1.807, 2.05) is 18.2 Å². The summed E-state index contributed by atoms with van der Waals surface area (Å²) in [6.07, 6.45) is 5.71. The number of H-pyrrole nitrogens is 1. The molecule has 2 aliphatic rings. The lowest BCUT2D eigenvalue weighted by Gasteiger charge is -2.31. The molecule has 0 radical (unpaired) electrons. The van der Waals surface area contributed by atoms with Crippen molar-refractivity contribution in [1.82, 2.24) is 10.2 Å². The first kappa shape index (κ1) is 13.0. The van der Waals surface area contributed by atoms with Crippen LogP contribution < -0.4 is 0 Å². The van der Waals surface area contributed by atoms with Crippen LogP contribution in [0, 0.1) is 0 Å². The zero-order valence-corrected chi connectivity index (χ0v) is 12.0. The van der Waals surface area contributed by atoms with Gasteiger partial charge < -0.3 is 9.47 Å². The van der Waals surface area contributed by atoms with Crippen molar-refractivity contribution in [3.63, 3.8) is 0 Å². The fourth-order valence-electron chi connectivity index (χ4n) is 3.32. The Morgan fingerprint density at radius 3 is 2.71 bits per heavy atom. The van der Waals surface area contributed by atoms with Gasteiger partial charge in [-0.1, -0.05) is 36.8 Å². The van der Waals surface area contributed by atoms with Gasteiger partial charge in [0.2, 0.25) is 0 Å². The minimum absolute atomic E-state index is 0.0203. The summed E-state index contributed by atoms with van der Waals surface area (Å²) in [6, 6.07) is 12.3. The highest BCUT2D eigenvalue weighted by Gasteiger charge is 2.43. The molecule has 1 unspecified atom stereocenters. The Balaban J connectivity index is 1.52. The topological polar surface area (TPSA) is 47.1 Å². The maximum absolute atomic E-state index is 6.23. The van der Waals surface area contributed by atoms with Gasteiger partial charge in [-0.3, -0.25) is 5.10 Å². The number of nitrogens with zero attached hydrogens (tertiary/aromatic N) is 1. The summed E-state index contributed by atoms with van der Waals surface area (Å²) >= 11 is 0. The molecule has 1 saturated carbocycles. The van der Waals surface area contributed by atoms with E-state index in [4.69, 9.17) is 9.47 Å². The quantitative estimate of drug-likeness (QED) is 0.911. The van der Waals surface area contributed by atoms with Gasteiger partial charge in [-0.25, -0.2) is 0 Å². The third-order valence-electron chi connectivity index (χ3n) is 4.48. The third-order valence-corrected chi connectivity index (χ3v) is 4.48. The molecule has 0 amide bonds. The zero-order valence-electron chi connectivity index (χ0n) is 12.0. The largest absolute Gasteiger partial charge is 0.347 e. The Morgan fingerprint density at radius 2 is 1.90 bits per heavy atom. The lowest BCUT2D eigenvalue weighted by Crippen LogP contribution is -2.32. The minimum Gasteiger partial charge on any atom is -0.347 e. The average molecular weight is 284 g/mol. The molecule has 0 bridgehead atoms. The van der Waals surface area contributed by atoms with Crippen LogP contribution in [0.5, 0.6) is 0 Å². The second-order valence-corrected chi connectivity index (χ2v) is 5.96. The summed E-state index contributed by atoms with van der Waals surface area (Å²) in [7, 11) is 0. The van der Waals surface area contributed by atoms with Gasteiger partial charge in [0, 0.05) is 18.4 Å². The molecule has 110 valence electrons. The second-order valence-electron chi connectivity index (χ2n) is 5.96. The maximum atomic E-state index is 6.23. The molecular weight excluding hydrogens is 264 g/mol. The number of benzene rings is 1. The van der Waals surface area contributed by atoms with E-state index in [1.54, 1.807) is 0 Å². The summed E-state index contributed by atoms with van der Waals surface area (Å²) < 4.78 is 12.2. The van der Waals surface area contributed by atoms with E-state index in [2.05, 4.69) is 28.4 Å². The first-order valence-electron chi connectivity index (χ1n) is 7.77. The number of aromatic amines is 1. The first-order chi connectivity index (χ1) is 10.3. The van der Waals surface area contributed by atoms with Gasteiger partial charge in [-0.2, -0.15) is 5.10 Å². The lowest BCUT2D eigenvalue weighted by atomic mass is 9.94. The summed E-state index contributed by atoms with van der Waals surface area (Å²) in [4.78, 5) is 0. The Hall–Kier alpha value is -1.65. The van der Waals surface area contributed by atoms with Gasteiger partial charge in [0.25, 0.3) is 0 Å². The van der Waals surface area contributed by atoms with Gasteiger partial charge in [0.15, 0.2) is 5.79 Å². The number of nitrogens with one attached hydrogen (secondary N) is 1. The molecule has 1 N–H and O–H groups in total. The van der Waals surface area contributed by atoms with Crippen molar-refractivity contribution >= 4 is 0 Å². The van der Waals surface area contributed by atoms with Crippen molar-refractivity contribution in [1.29, 1.82) is 0 Å². The number of rotatable bonds is 2. The van der Waals surface area contributed by atoms with Crippen molar-refractivity contribution in [2.45, 2.75) is 44.0 Å². The van der Waals surface area contributed by atoms with Crippen LogP contribution in [0.2, 0.25) is 0 Å². The monoisotopic (exact) mass is 284 g/mol. The number of ether oxygens (including phenoxy) is 2. The van der Waals surface area contributed by atoms with E-state index in [0.717, 1.165) is 29.8 Å². The average Bonchev–Trinajstić information content (AvgIpc) is 3.17. The van der Waals surface area contributed by atoms with Crippen LogP contribution in [0.25, 0.3) is 11.3 Å². The molecule has 2 aromatic rings. The van der Waals surface area contributed by atoms with Crippen LogP contribution >= 0.6 is 0 Å². The lowest BCUT2D eigenvalue weighted by molar-refractivity contribution is -0.188. The summed E-state index contributed by atoms with van der Waals surface area (Å²) in [5, 5.41) is 7.52. The third kappa shape index (κ3) is 2.49. The summed E-state index contributed by atoms with van der Waals surface area (Å²) in [5.41, 5.74) is 3.08. The van der Waals surface area contributed by atoms with Crippen LogP contribution in [-0.4, -0.2) is 22.6 Å². The normalized spacial score (nSPS) is 24.5. The van der Waals surface area contributed by atoms with Gasteiger partial charge in [0.05, 0.1) is 18.0 Å². The van der Waals surface area contributed by atoms with Gasteiger partial charge in [-0.15, -0.1) is 0 Å². The molecule has 1 aliphatic heterocycles. The zero-order chi connectivity index (χ0) is 14.1. The van der Waals surface area contributed by atoms with Crippen LogP contribution in [-0.2, 0) is 9.47 Å².